The molecule has 0 fully saturated rings. The Hall–Kier alpha value is -1.36. The van der Waals surface area contributed by atoms with E-state index in [1.54, 1.807) is 17.0 Å². The largest absolute Gasteiger partial charge is 0.396 e. The fourth-order valence-corrected chi connectivity index (χ4v) is 1.58. The average Bonchev–Trinajstić information content (AvgIpc) is 2.20. The van der Waals surface area contributed by atoms with Crippen molar-refractivity contribution in [3.8, 4) is 0 Å². The second-order valence-electron chi connectivity index (χ2n) is 5.06. The Morgan fingerprint density at radius 1 is 1.53 bits per heavy atom. The Labute approximate surface area is 102 Å². The van der Waals surface area contributed by atoms with Gasteiger partial charge in [0.2, 0.25) is 0 Å². The normalized spacial score (nSPS) is 11.9. The van der Waals surface area contributed by atoms with Crippen LogP contribution in [-0.4, -0.2) is 26.8 Å². The van der Waals surface area contributed by atoms with E-state index >= 15 is 0 Å². The first-order valence-corrected chi connectivity index (χ1v) is 5.83. The molecular weight excluding hydrogens is 218 g/mol. The van der Waals surface area contributed by atoms with Crippen LogP contribution in [0.15, 0.2) is 17.2 Å². The third kappa shape index (κ3) is 3.56. The molecule has 0 radical (unpaired) electrons. The van der Waals surface area contributed by atoms with Gasteiger partial charge < -0.3 is 15.0 Å². The van der Waals surface area contributed by atoms with E-state index in [0.29, 0.717) is 12.2 Å². The van der Waals surface area contributed by atoms with Crippen LogP contribution in [0.4, 0.5) is 5.82 Å². The first-order chi connectivity index (χ1) is 7.87. The summed E-state index contributed by atoms with van der Waals surface area (Å²) < 4.78 is 1.63. The quantitative estimate of drug-likeness (QED) is 0.815. The van der Waals surface area contributed by atoms with Crippen molar-refractivity contribution < 1.29 is 5.11 Å². The van der Waals surface area contributed by atoms with E-state index in [9.17, 15) is 4.79 Å². The smallest absolute Gasteiger partial charge is 0.293 e. The van der Waals surface area contributed by atoms with Crippen molar-refractivity contribution in [1.29, 1.82) is 0 Å². The van der Waals surface area contributed by atoms with Gasteiger partial charge >= 0.3 is 0 Å². The maximum absolute atomic E-state index is 12.1. The van der Waals surface area contributed by atoms with Gasteiger partial charge in [-0.05, 0) is 34.1 Å². The minimum Gasteiger partial charge on any atom is -0.396 e. The van der Waals surface area contributed by atoms with E-state index < -0.39 is 0 Å². The number of hydrogen-bond acceptors (Lipinski definition) is 4. The number of nitrogens with one attached hydrogen (secondary N) is 1. The number of anilines is 1. The molecule has 0 saturated carbocycles. The summed E-state index contributed by atoms with van der Waals surface area (Å²) in [4.78, 5) is 16.1. The van der Waals surface area contributed by atoms with Crippen LogP contribution >= 0.6 is 0 Å². The number of nitrogens with zero attached hydrogens (tertiary/aromatic N) is 2. The lowest BCUT2D eigenvalue weighted by Crippen LogP contribution is -2.36. The van der Waals surface area contributed by atoms with Crippen molar-refractivity contribution in [2.45, 2.75) is 45.7 Å². The zero-order valence-corrected chi connectivity index (χ0v) is 10.9. The molecular formula is C12H21N3O2. The van der Waals surface area contributed by atoms with Gasteiger partial charge in [-0.25, -0.2) is 4.98 Å². The fourth-order valence-electron chi connectivity index (χ4n) is 1.58. The zero-order valence-electron chi connectivity index (χ0n) is 10.9. The topological polar surface area (TPSA) is 67.2 Å². The predicted molar refractivity (Wildman–Crippen MR) is 68.3 cm³/mol. The van der Waals surface area contributed by atoms with Crippen molar-refractivity contribution in [3.63, 3.8) is 0 Å². The molecule has 1 heterocycles. The summed E-state index contributed by atoms with van der Waals surface area (Å²) in [6.07, 6.45) is 3.85. The van der Waals surface area contributed by atoms with Crippen LogP contribution in [0.1, 0.15) is 40.2 Å². The zero-order chi connectivity index (χ0) is 13.1. The SMILES string of the molecule is CC(C)n1ccnc(NC(C)(C)CCO)c1=O. The molecule has 1 rings (SSSR count). The average molecular weight is 239 g/mol. The number of aliphatic hydroxyl groups excluding tert-OH is 1. The van der Waals surface area contributed by atoms with Gasteiger partial charge in [0.05, 0.1) is 0 Å². The van der Waals surface area contributed by atoms with E-state index in [1.807, 2.05) is 27.7 Å². The van der Waals surface area contributed by atoms with Crippen molar-refractivity contribution >= 4 is 5.82 Å². The Morgan fingerprint density at radius 2 is 2.18 bits per heavy atom. The molecule has 0 aliphatic heterocycles. The van der Waals surface area contributed by atoms with Crippen LogP contribution in [0.25, 0.3) is 0 Å². The van der Waals surface area contributed by atoms with Crippen molar-refractivity contribution in [2.24, 2.45) is 0 Å². The molecule has 0 atom stereocenters. The van der Waals surface area contributed by atoms with Gasteiger partial charge in [-0.15, -0.1) is 0 Å². The molecule has 17 heavy (non-hydrogen) atoms. The molecule has 2 N–H and O–H groups in total. The first kappa shape index (κ1) is 13.7. The predicted octanol–water partition coefficient (Wildman–Crippen LogP) is 1.40. The van der Waals surface area contributed by atoms with Crippen molar-refractivity contribution in [3.05, 3.63) is 22.7 Å². The Kier molecular flexibility index (Phi) is 4.28. The second kappa shape index (κ2) is 5.31. The molecule has 0 bridgehead atoms. The van der Waals surface area contributed by atoms with Gasteiger partial charge in [0, 0.05) is 30.6 Å². The molecule has 5 heteroatoms. The van der Waals surface area contributed by atoms with Gasteiger partial charge in [-0.3, -0.25) is 4.79 Å². The number of aromatic nitrogens is 2. The molecule has 0 aliphatic rings. The van der Waals surface area contributed by atoms with Crippen molar-refractivity contribution in [2.75, 3.05) is 11.9 Å². The summed E-state index contributed by atoms with van der Waals surface area (Å²) in [6, 6.07) is 0.104. The Bertz CT molecular complexity index is 424. The van der Waals surface area contributed by atoms with Crippen molar-refractivity contribution in [1.82, 2.24) is 9.55 Å². The molecule has 1 aromatic heterocycles. The molecule has 1 aromatic rings. The highest BCUT2D eigenvalue weighted by atomic mass is 16.3. The molecule has 0 saturated heterocycles. The Morgan fingerprint density at radius 3 is 2.71 bits per heavy atom. The Balaban J connectivity index is 3.00. The summed E-state index contributed by atoms with van der Waals surface area (Å²) in [6.45, 7) is 7.83. The summed E-state index contributed by atoms with van der Waals surface area (Å²) in [5, 5.41) is 12.0. The van der Waals surface area contributed by atoms with Crippen LogP contribution in [0.3, 0.4) is 0 Å². The van der Waals surface area contributed by atoms with E-state index in [0.717, 1.165) is 0 Å². The molecule has 5 nitrogen and oxygen atoms in total. The number of aliphatic hydroxyl groups is 1. The van der Waals surface area contributed by atoms with Gasteiger partial charge in [0.25, 0.3) is 5.56 Å². The maximum Gasteiger partial charge on any atom is 0.293 e. The molecule has 0 aliphatic carbocycles. The summed E-state index contributed by atoms with van der Waals surface area (Å²) in [5.41, 5.74) is -0.481. The minimum atomic E-state index is -0.350. The molecule has 0 aromatic carbocycles. The lowest BCUT2D eigenvalue weighted by Gasteiger charge is -2.26. The third-order valence-electron chi connectivity index (χ3n) is 2.62. The molecule has 0 amide bonds. The van der Waals surface area contributed by atoms with Gasteiger partial charge in [-0.1, -0.05) is 0 Å². The van der Waals surface area contributed by atoms with Crippen LogP contribution in [0.5, 0.6) is 0 Å². The highest BCUT2D eigenvalue weighted by Gasteiger charge is 2.19. The van der Waals surface area contributed by atoms with E-state index in [-0.39, 0.29) is 23.7 Å². The highest BCUT2D eigenvalue weighted by Crippen LogP contribution is 2.13. The van der Waals surface area contributed by atoms with Gasteiger partial charge in [0.15, 0.2) is 5.82 Å². The molecule has 0 spiro atoms. The standard InChI is InChI=1S/C12H21N3O2/c1-9(2)15-7-6-13-10(11(15)17)14-12(3,4)5-8-16/h6-7,9,16H,5,8H2,1-4H3,(H,13,14). The first-order valence-electron chi connectivity index (χ1n) is 5.83. The summed E-state index contributed by atoms with van der Waals surface area (Å²) in [5.74, 6) is 0.333. The second-order valence-corrected chi connectivity index (χ2v) is 5.06. The lowest BCUT2D eigenvalue weighted by molar-refractivity contribution is 0.260. The van der Waals surface area contributed by atoms with E-state index in [1.165, 1.54) is 0 Å². The van der Waals surface area contributed by atoms with E-state index in [2.05, 4.69) is 10.3 Å². The fraction of sp³-hybridized carbons (Fsp3) is 0.667. The third-order valence-corrected chi connectivity index (χ3v) is 2.62. The lowest BCUT2D eigenvalue weighted by atomic mass is 10.0. The van der Waals surface area contributed by atoms with Gasteiger partial charge in [-0.2, -0.15) is 0 Å². The van der Waals surface area contributed by atoms with Crippen LogP contribution in [-0.2, 0) is 0 Å². The van der Waals surface area contributed by atoms with Crippen LogP contribution < -0.4 is 10.9 Å². The maximum atomic E-state index is 12.1. The molecule has 0 unspecified atom stereocenters. The molecule has 96 valence electrons. The number of hydrogen-bond donors (Lipinski definition) is 2. The van der Waals surface area contributed by atoms with Gasteiger partial charge in [0.1, 0.15) is 0 Å². The highest BCUT2D eigenvalue weighted by molar-refractivity contribution is 5.34. The minimum absolute atomic E-state index is 0.0746. The monoisotopic (exact) mass is 239 g/mol. The van der Waals surface area contributed by atoms with E-state index in [4.69, 9.17) is 5.11 Å². The summed E-state index contributed by atoms with van der Waals surface area (Å²) >= 11 is 0. The van der Waals surface area contributed by atoms with Crippen LogP contribution in [0.2, 0.25) is 0 Å². The van der Waals surface area contributed by atoms with Crippen LogP contribution in [0, 0.1) is 0 Å². The number of rotatable bonds is 5. The summed E-state index contributed by atoms with van der Waals surface area (Å²) in [7, 11) is 0.